The molecule has 3 heteroatoms. The zero-order valence-corrected chi connectivity index (χ0v) is 7.07. The lowest BCUT2D eigenvalue weighted by molar-refractivity contribution is 1.06. The predicted molar refractivity (Wildman–Crippen MR) is 46.8 cm³/mol. The van der Waals surface area contributed by atoms with E-state index in [4.69, 9.17) is 0 Å². The number of aromatic nitrogens is 3. The van der Waals surface area contributed by atoms with Crippen LogP contribution in [-0.4, -0.2) is 15.2 Å². The van der Waals surface area contributed by atoms with E-state index in [1.807, 2.05) is 26.0 Å². The van der Waals surface area contributed by atoms with Gasteiger partial charge in [0.05, 0.1) is 11.7 Å². The molecule has 12 heavy (non-hydrogen) atoms. The van der Waals surface area contributed by atoms with Gasteiger partial charge in [-0.15, -0.1) is 5.10 Å². The van der Waals surface area contributed by atoms with Crippen molar-refractivity contribution in [2.24, 2.45) is 0 Å². The minimum atomic E-state index is 0.862. The fraction of sp³-hybridized carbons (Fsp3) is 0.222. The van der Waals surface area contributed by atoms with E-state index in [-0.39, 0.29) is 0 Å². The molecule has 0 aliphatic heterocycles. The molecule has 2 heterocycles. The minimum Gasteiger partial charge on any atom is -0.251 e. The second-order valence-electron chi connectivity index (χ2n) is 2.83. The van der Waals surface area contributed by atoms with Crippen LogP contribution in [0.15, 0.2) is 18.3 Å². The lowest BCUT2D eigenvalue weighted by Gasteiger charge is -1.99. The SMILES string of the molecule is Cc1cc2nnccc2nc1C. The summed E-state index contributed by atoms with van der Waals surface area (Å²) in [6.45, 7) is 4.02. The van der Waals surface area contributed by atoms with Gasteiger partial charge in [0.15, 0.2) is 0 Å². The van der Waals surface area contributed by atoms with Gasteiger partial charge in [-0.25, -0.2) is 0 Å². The maximum atomic E-state index is 4.37. The van der Waals surface area contributed by atoms with E-state index in [2.05, 4.69) is 15.2 Å². The van der Waals surface area contributed by atoms with Gasteiger partial charge >= 0.3 is 0 Å². The third kappa shape index (κ3) is 1.03. The van der Waals surface area contributed by atoms with E-state index in [1.165, 1.54) is 0 Å². The van der Waals surface area contributed by atoms with Crippen molar-refractivity contribution in [1.29, 1.82) is 0 Å². The number of pyridine rings is 1. The Morgan fingerprint density at radius 3 is 2.83 bits per heavy atom. The normalized spacial score (nSPS) is 10.5. The van der Waals surface area contributed by atoms with Crippen LogP contribution < -0.4 is 0 Å². The van der Waals surface area contributed by atoms with Crippen molar-refractivity contribution < 1.29 is 0 Å². The average molecular weight is 159 g/mol. The Morgan fingerprint density at radius 1 is 1.17 bits per heavy atom. The average Bonchev–Trinajstić information content (AvgIpc) is 2.07. The van der Waals surface area contributed by atoms with Crippen molar-refractivity contribution in [2.75, 3.05) is 0 Å². The standard InChI is InChI=1S/C9H9N3/c1-6-5-9-8(11-7(6)2)3-4-10-12-9/h3-5H,1-2H3. The third-order valence-corrected chi connectivity index (χ3v) is 1.94. The monoisotopic (exact) mass is 159 g/mol. The Kier molecular flexibility index (Phi) is 1.50. The molecular weight excluding hydrogens is 150 g/mol. The number of hydrogen-bond donors (Lipinski definition) is 0. The Labute approximate surface area is 70.5 Å². The molecule has 3 nitrogen and oxygen atoms in total. The van der Waals surface area contributed by atoms with E-state index in [9.17, 15) is 0 Å². The number of fused-ring (bicyclic) bond motifs is 1. The largest absolute Gasteiger partial charge is 0.251 e. The van der Waals surface area contributed by atoms with Crippen molar-refractivity contribution in [1.82, 2.24) is 15.2 Å². The topological polar surface area (TPSA) is 38.7 Å². The van der Waals surface area contributed by atoms with E-state index < -0.39 is 0 Å². The second-order valence-corrected chi connectivity index (χ2v) is 2.83. The Bertz CT molecular complexity index is 383. The molecule has 0 unspecified atom stereocenters. The number of rotatable bonds is 0. The molecular formula is C9H9N3. The molecule has 0 fully saturated rings. The first kappa shape index (κ1) is 7.16. The first-order chi connectivity index (χ1) is 5.77. The minimum absolute atomic E-state index is 0.862. The summed E-state index contributed by atoms with van der Waals surface area (Å²) in [5, 5.41) is 7.76. The molecule has 0 saturated carbocycles. The summed E-state index contributed by atoms with van der Waals surface area (Å²) in [6.07, 6.45) is 1.66. The van der Waals surface area contributed by atoms with Crippen molar-refractivity contribution in [3.63, 3.8) is 0 Å². The maximum absolute atomic E-state index is 4.37. The highest BCUT2D eigenvalue weighted by Gasteiger charge is 1.98. The molecule has 0 spiro atoms. The maximum Gasteiger partial charge on any atom is 0.112 e. The molecule has 0 aliphatic carbocycles. The van der Waals surface area contributed by atoms with Crippen molar-refractivity contribution in [2.45, 2.75) is 13.8 Å². The second kappa shape index (κ2) is 2.52. The van der Waals surface area contributed by atoms with Gasteiger partial charge in [0.25, 0.3) is 0 Å². The Hall–Kier alpha value is -1.51. The predicted octanol–water partition coefficient (Wildman–Crippen LogP) is 1.64. The van der Waals surface area contributed by atoms with Gasteiger partial charge in [-0.3, -0.25) is 4.98 Å². The zero-order valence-electron chi connectivity index (χ0n) is 7.07. The molecule has 0 bridgehead atoms. The molecule has 0 radical (unpaired) electrons. The van der Waals surface area contributed by atoms with Gasteiger partial charge in [-0.1, -0.05) is 0 Å². The van der Waals surface area contributed by atoms with Crippen LogP contribution in [-0.2, 0) is 0 Å². The van der Waals surface area contributed by atoms with Crippen LogP contribution in [0.5, 0.6) is 0 Å². The highest BCUT2D eigenvalue weighted by Crippen LogP contribution is 2.11. The van der Waals surface area contributed by atoms with Crippen LogP contribution in [0.4, 0.5) is 0 Å². The highest BCUT2D eigenvalue weighted by atomic mass is 15.1. The molecule has 0 N–H and O–H groups in total. The molecule has 0 amide bonds. The smallest absolute Gasteiger partial charge is 0.112 e. The number of aryl methyl sites for hydroxylation is 2. The Morgan fingerprint density at radius 2 is 2.00 bits per heavy atom. The summed E-state index contributed by atoms with van der Waals surface area (Å²) >= 11 is 0. The molecule has 0 aliphatic rings. The van der Waals surface area contributed by atoms with E-state index in [0.717, 1.165) is 22.3 Å². The van der Waals surface area contributed by atoms with E-state index in [0.29, 0.717) is 0 Å². The van der Waals surface area contributed by atoms with Crippen LogP contribution in [0, 0.1) is 13.8 Å². The van der Waals surface area contributed by atoms with Crippen LogP contribution in [0.25, 0.3) is 11.0 Å². The van der Waals surface area contributed by atoms with Crippen LogP contribution in [0.1, 0.15) is 11.3 Å². The van der Waals surface area contributed by atoms with E-state index >= 15 is 0 Å². The van der Waals surface area contributed by atoms with Crippen LogP contribution in [0.2, 0.25) is 0 Å². The van der Waals surface area contributed by atoms with Crippen molar-refractivity contribution in [3.05, 3.63) is 29.6 Å². The molecule has 2 aromatic heterocycles. The van der Waals surface area contributed by atoms with Gasteiger partial charge in [0, 0.05) is 5.69 Å². The first-order valence-corrected chi connectivity index (χ1v) is 3.83. The third-order valence-electron chi connectivity index (χ3n) is 1.94. The molecule has 60 valence electrons. The van der Waals surface area contributed by atoms with Gasteiger partial charge in [-0.05, 0) is 31.5 Å². The first-order valence-electron chi connectivity index (χ1n) is 3.83. The van der Waals surface area contributed by atoms with Gasteiger partial charge in [0.2, 0.25) is 0 Å². The number of nitrogens with zero attached hydrogens (tertiary/aromatic N) is 3. The summed E-state index contributed by atoms with van der Waals surface area (Å²) in [7, 11) is 0. The van der Waals surface area contributed by atoms with E-state index in [1.54, 1.807) is 6.20 Å². The van der Waals surface area contributed by atoms with Gasteiger partial charge < -0.3 is 0 Å². The fourth-order valence-electron chi connectivity index (χ4n) is 1.11. The van der Waals surface area contributed by atoms with Crippen LogP contribution >= 0.6 is 0 Å². The highest BCUT2D eigenvalue weighted by molar-refractivity contribution is 5.73. The molecule has 2 rings (SSSR count). The summed E-state index contributed by atoms with van der Waals surface area (Å²) in [6, 6.07) is 3.87. The quantitative estimate of drug-likeness (QED) is 0.586. The molecule has 2 aromatic rings. The zero-order chi connectivity index (χ0) is 8.55. The lowest BCUT2D eigenvalue weighted by Crippen LogP contribution is -1.90. The molecule has 0 atom stereocenters. The van der Waals surface area contributed by atoms with Gasteiger partial charge in [0.1, 0.15) is 5.52 Å². The van der Waals surface area contributed by atoms with Crippen molar-refractivity contribution in [3.8, 4) is 0 Å². The molecule has 0 aromatic carbocycles. The molecule has 0 saturated heterocycles. The fourth-order valence-corrected chi connectivity index (χ4v) is 1.11. The summed E-state index contributed by atoms with van der Waals surface area (Å²) in [4.78, 5) is 4.37. The van der Waals surface area contributed by atoms with Crippen molar-refractivity contribution >= 4 is 11.0 Å². The summed E-state index contributed by atoms with van der Waals surface area (Å²) in [5.41, 5.74) is 3.98. The lowest BCUT2D eigenvalue weighted by atomic mass is 10.2. The Balaban J connectivity index is 2.84. The number of hydrogen-bond acceptors (Lipinski definition) is 3. The van der Waals surface area contributed by atoms with Gasteiger partial charge in [-0.2, -0.15) is 5.10 Å². The summed E-state index contributed by atoms with van der Waals surface area (Å²) in [5.74, 6) is 0. The van der Waals surface area contributed by atoms with Crippen LogP contribution in [0.3, 0.4) is 0 Å². The summed E-state index contributed by atoms with van der Waals surface area (Å²) < 4.78 is 0.